The number of amides is 1. The third kappa shape index (κ3) is 5.55. The van der Waals surface area contributed by atoms with Crippen molar-refractivity contribution >= 4 is 18.3 Å². The number of carbonyl (C=O) groups is 1. The van der Waals surface area contributed by atoms with Gasteiger partial charge in [0.2, 0.25) is 5.91 Å². The second-order valence-corrected chi connectivity index (χ2v) is 5.44. The first-order valence-corrected chi connectivity index (χ1v) is 6.73. The van der Waals surface area contributed by atoms with Crippen molar-refractivity contribution in [3.8, 4) is 0 Å². The summed E-state index contributed by atoms with van der Waals surface area (Å²) in [4.78, 5) is 14.2. The maximum Gasteiger partial charge on any atom is 0.237 e. The third-order valence-corrected chi connectivity index (χ3v) is 3.47. The Morgan fingerprint density at radius 1 is 1.39 bits per heavy atom. The summed E-state index contributed by atoms with van der Waals surface area (Å²) in [6, 6.07) is 0.522. The van der Waals surface area contributed by atoms with Crippen LogP contribution in [0.2, 0.25) is 0 Å². The molecule has 0 aromatic rings. The summed E-state index contributed by atoms with van der Waals surface area (Å²) in [6.07, 6.45) is 2.39. The molecule has 1 aliphatic rings. The van der Waals surface area contributed by atoms with E-state index in [-0.39, 0.29) is 24.4 Å². The van der Waals surface area contributed by atoms with E-state index in [0.717, 1.165) is 19.6 Å². The predicted octanol–water partition coefficient (Wildman–Crippen LogP) is 1.25. The first kappa shape index (κ1) is 17.7. The van der Waals surface area contributed by atoms with Crippen molar-refractivity contribution in [3.63, 3.8) is 0 Å². The van der Waals surface area contributed by atoms with Gasteiger partial charge in [0.25, 0.3) is 0 Å². The lowest BCUT2D eigenvalue weighted by Crippen LogP contribution is -2.53. The second-order valence-electron chi connectivity index (χ2n) is 5.44. The molecule has 5 heteroatoms. The Morgan fingerprint density at radius 3 is 2.61 bits per heavy atom. The number of rotatable bonds is 5. The summed E-state index contributed by atoms with van der Waals surface area (Å²) in [6.45, 7) is 9.02. The van der Waals surface area contributed by atoms with Crippen molar-refractivity contribution in [2.45, 2.75) is 45.7 Å². The number of piperidine rings is 1. The van der Waals surface area contributed by atoms with Crippen LogP contribution in [0.1, 0.15) is 33.6 Å². The van der Waals surface area contributed by atoms with Crippen LogP contribution in [0.25, 0.3) is 0 Å². The predicted molar refractivity (Wildman–Crippen MR) is 78.2 cm³/mol. The summed E-state index contributed by atoms with van der Waals surface area (Å²) in [7, 11) is 2.00. The molecule has 0 aromatic heterocycles. The molecule has 0 bridgehead atoms. The zero-order valence-electron chi connectivity index (χ0n) is 12.0. The van der Waals surface area contributed by atoms with Crippen LogP contribution in [-0.2, 0) is 4.79 Å². The molecule has 2 atom stereocenters. The number of carbonyl (C=O) groups excluding carboxylic acids is 1. The van der Waals surface area contributed by atoms with Gasteiger partial charge in [0.15, 0.2) is 0 Å². The van der Waals surface area contributed by atoms with Crippen molar-refractivity contribution in [3.05, 3.63) is 0 Å². The molecular formula is C13H28ClN3O. The van der Waals surface area contributed by atoms with Gasteiger partial charge in [0.05, 0.1) is 6.04 Å². The Morgan fingerprint density at radius 2 is 2.06 bits per heavy atom. The van der Waals surface area contributed by atoms with Gasteiger partial charge in [-0.05, 0) is 39.3 Å². The average Bonchev–Trinajstić information content (AvgIpc) is 2.35. The second kappa shape index (κ2) is 8.73. The van der Waals surface area contributed by atoms with Gasteiger partial charge in [-0.15, -0.1) is 12.4 Å². The molecule has 0 saturated carbocycles. The molecule has 0 aromatic carbocycles. The van der Waals surface area contributed by atoms with Crippen LogP contribution in [0.4, 0.5) is 0 Å². The fraction of sp³-hybridized carbons (Fsp3) is 0.923. The van der Waals surface area contributed by atoms with Gasteiger partial charge in [-0.2, -0.15) is 0 Å². The van der Waals surface area contributed by atoms with Crippen molar-refractivity contribution in [1.29, 1.82) is 0 Å². The first-order chi connectivity index (χ1) is 8.04. The number of hydrogen-bond donors (Lipinski definition) is 2. The van der Waals surface area contributed by atoms with Crippen LogP contribution >= 0.6 is 12.4 Å². The van der Waals surface area contributed by atoms with Gasteiger partial charge in [-0.1, -0.05) is 13.8 Å². The highest BCUT2D eigenvalue weighted by Crippen LogP contribution is 2.12. The van der Waals surface area contributed by atoms with Gasteiger partial charge in [-0.25, -0.2) is 0 Å². The van der Waals surface area contributed by atoms with Crippen molar-refractivity contribution in [2.75, 3.05) is 26.7 Å². The molecule has 1 amide bonds. The minimum absolute atomic E-state index is 0. The number of likely N-dealkylation sites (N-methyl/N-ethyl adjacent to an activating group) is 1. The van der Waals surface area contributed by atoms with Gasteiger partial charge >= 0.3 is 0 Å². The monoisotopic (exact) mass is 277 g/mol. The lowest BCUT2D eigenvalue weighted by atomic mass is 10.0. The number of nitrogens with zero attached hydrogens (tertiary/aromatic N) is 1. The largest absolute Gasteiger partial charge is 0.354 e. The summed E-state index contributed by atoms with van der Waals surface area (Å²) in [5.41, 5.74) is 0. The molecule has 18 heavy (non-hydrogen) atoms. The molecule has 108 valence electrons. The minimum atomic E-state index is -0.00935. The molecule has 0 radical (unpaired) electrons. The summed E-state index contributed by atoms with van der Waals surface area (Å²) in [5, 5.41) is 6.32. The van der Waals surface area contributed by atoms with Crippen molar-refractivity contribution in [2.24, 2.45) is 5.92 Å². The number of halogens is 1. The van der Waals surface area contributed by atoms with Gasteiger partial charge in [0.1, 0.15) is 0 Å². The SMILES string of the molecule is CNC1CCCN(C(C)C(=O)NCC(C)C)C1.Cl. The molecule has 1 rings (SSSR count). The van der Waals surface area contributed by atoms with E-state index in [1.54, 1.807) is 0 Å². The van der Waals surface area contributed by atoms with Crippen LogP contribution in [0.5, 0.6) is 0 Å². The lowest BCUT2D eigenvalue weighted by Gasteiger charge is -2.36. The van der Waals surface area contributed by atoms with E-state index in [1.165, 1.54) is 12.8 Å². The van der Waals surface area contributed by atoms with Crippen LogP contribution in [0.3, 0.4) is 0 Å². The normalized spacial score (nSPS) is 22.4. The van der Waals surface area contributed by atoms with E-state index in [2.05, 4.69) is 29.4 Å². The Bertz CT molecular complexity index is 248. The maximum absolute atomic E-state index is 12.0. The highest BCUT2D eigenvalue weighted by atomic mass is 35.5. The lowest BCUT2D eigenvalue weighted by molar-refractivity contribution is -0.126. The number of hydrogen-bond acceptors (Lipinski definition) is 3. The van der Waals surface area contributed by atoms with Crippen molar-refractivity contribution in [1.82, 2.24) is 15.5 Å². The smallest absolute Gasteiger partial charge is 0.237 e. The molecule has 2 unspecified atom stereocenters. The Kier molecular flexibility index (Phi) is 8.57. The molecule has 0 spiro atoms. The van der Waals surface area contributed by atoms with E-state index in [1.807, 2.05) is 14.0 Å². The summed E-state index contributed by atoms with van der Waals surface area (Å²) in [5.74, 6) is 0.674. The molecule has 2 N–H and O–H groups in total. The van der Waals surface area contributed by atoms with E-state index in [0.29, 0.717) is 12.0 Å². The van der Waals surface area contributed by atoms with Gasteiger partial charge < -0.3 is 10.6 Å². The van der Waals surface area contributed by atoms with Crippen molar-refractivity contribution < 1.29 is 4.79 Å². The van der Waals surface area contributed by atoms with Crippen LogP contribution < -0.4 is 10.6 Å². The number of nitrogens with one attached hydrogen (secondary N) is 2. The minimum Gasteiger partial charge on any atom is -0.354 e. The summed E-state index contributed by atoms with van der Waals surface area (Å²) < 4.78 is 0. The van der Waals surface area contributed by atoms with Gasteiger partial charge in [0, 0.05) is 19.1 Å². The molecule has 0 aliphatic carbocycles. The summed E-state index contributed by atoms with van der Waals surface area (Å²) >= 11 is 0. The van der Waals surface area contributed by atoms with E-state index in [9.17, 15) is 4.79 Å². The molecule has 1 fully saturated rings. The number of likely N-dealkylation sites (tertiary alicyclic amines) is 1. The van der Waals surface area contributed by atoms with E-state index in [4.69, 9.17) is 0 Å². The fourth-order valence-corrected chi connectivity index (χ4v) is 2.21. The van der Waals surface area contributed by atoms with Crippen LogP contribution in [0.15, 0.2) is 0 Å². The molecular weight excluding hydrogens is 250 g/mol. The zero-order valence-corrected chi connectivity index (χ0v) is 12.8. The Hall–Kier alpha value is -0.320. The maximum atomic E-state index is 12.0. The third-order valence-electron chi connectivity index (χ3n) is 3.47. The first-order valence-electron chi connectivity index (χ1n) is 6.73. The quantitative estimate of drug-likeness (QED) is 0.795. The van der Waals surface area contributed by atoms with Crippen LogP contribution in [-0.4, -0.2) is 49.6 Å². The van der Waals surface area contributed by atoms with E-state index < -0.39 is 0 Å². The van der Waals surface area contributed by atoms with Gasteiger partial charge in [-0.3, -0.25) is 9.69 Å². The fourth-order valence-electron chi connectivity index (χ4n) is 2.21. The highest BCUT2D eigenvalue weighted by molar-refractivity contribution is 5.85. The molecule has 1 heterocycles. The standard InChI is InChI=1S/C13H27N3O.ClH/c1-10(2)8-15-13(17)11(3)16-7-5-6-12(9-16)14-4;/h10-12,14H,5-9H2,1-4H3,(H,15,17);1H. The topological polar surface area (TPSA) is 44.4 Å². The van der Waals surface area contributed by atoms with E-state index >= 15 is 0 Å². The Balaban J connectivity index is 0.00000289. The zero-order chi connectivity index (χ0) is 12.8. The van der Waals surface area contributed by atoms with Crippen LogP contribution in [0, 0.1) is 5.92 Å². The highest BCUT2D eigenvalue weighted by Gasteiger charge is 2.26. The average molecular weight is 278 g/mol. The molecule has 4 nitrogen and oxygen atoms in total. The molecule has 1 saturated heterocycles. The molecule has 1 aliphatic heterocycles. The Labute approximate surface area is 117 Å².